The summed E-state index contributed by atoms with van der Waals surface area (Å²) in [6.45, 7) is 1.36. The van der Waals surface area contributed by atoms with Crippen LogP contribution in [0.2, 0.25) is 10.0 Å². The highest BCUT2D eigenvalue weighted by molar-refractivity contribution is 6.40. The van der Waals surface area contributed by atoms with Crippen LogP contribution < -0.4 is 10.6 Å². The fourth-order valence-electron chi connectivity index (χ4n) is 2.81. The molecule has 1 aliphatic rings. The Bertz CT molecular complexity index is 903. The quantitative estimate of drug-likeness (QED) is 0.748. The van der Waals surface area contributed by atoms with Gasteiger partial charge in [0.25, 0.3) is 5.91 Å². The van der Waals surface area contributed by atoms with E-state index in [-0.39, 0.29) is 10.7 Å². The molecule has 140 valence electrons. The predicted molar refractivity (Wildman–Crippen MR) is 104 cm³/mol. The van der Waals surface area contributed by atoms with E-state index in [0.29, 0.717) is 11.4 Å². The van der Waals surface area contributed by atoms with Gasteiger partial charge in [-0.05, 0) is 24.1 Å². The van der Waals surface area contributed by atoms with Gasteiger partial charge in [-0.1, -0.05) is 59.6 Å². The molecule has 6 nitrogen and oxygen atoms in total. The largest absolute Gasteiger partial charge is 0.325 e. The van der Waals surface area contributed by atoms with Crippen molar-refractivity contribution in [2.75, 3.05) is 11.9 Å². The summed E-state index contributed by atoms with van der Waals surface area (Å²) < 4.78 is 0. The SMILES string of the molecule is Cc1ccc(Cl)c(NC(=O)CN2C(=O)NC(Cc3ccccc3)C2=O)c1Cl. The molecule has 1 heterocycles. The van der Waals surface area contributed by atoms with Crippen LogP contribution in [0.4, 0.5) is 10.5 Å². The van der Waals surface area contributed by atoms with Crippen molar-refractivity contribution in [1.82, 2.24) is 10.2 Å². The van der Waals surface area contributed by atoms with Crippen molar-refractivity contribution in [3.05, 3.63) is 63.6 Å². The Morgan fingerprint density at radius 2 is 1.85 bits per heavy atom. The first-order chi connectivity index (χ1) is 12.9. The first-order valence-corrected chi connectivity index (χ1v) is 9.02. The number of benzene rings is 2. The van der Waals surface area contributed by atoms with Crippen LogP contribution in [-0.2, 0) is 16.0 Å². The second-order valence-electron chi connectivity index (χ2n) is 6.22. The zero-order chi connectivity index (χ0) is 19.6. The van der Waals surface area contributed by atoms with E-state index < -0.39 is 30.4 Å². The summed E-state index contributed by atoms with van der Waals surface area (Å²) in [5.74, 6) is -1.01. The Labute approximate surface area is 166 Å². The summed E-state index contributed by atoms with van der Waals surface area (Å²) in [4.78, 5) is 37.9. The van der Waals surface area contributed by atoms with Gasteiger partial charge in [-0.25, -0.2) is 4.79 Å². The van der Waals surface area contributed by atoms with E-state index in [1.54, 1.807) is 19.1 Å². The lowest BCUT2D eigenvalue weighted by Crippen LogP contribution is -2.38. The van der Waals surface area contributed by atoms with Gasteiger partial charge in [-0.2, -0.15) is 0 Å². The molecular weight excluding hydrogens is 389 g/mol. The second-order valence-corrected chi connectivity index (χ2v) is 7.00. The number of nitrogens with zero attached hydrogens (tertiary/aromatic N) is 1. The molecule has 4 amide bonds. The Kier molecular flexibility index (Phi) is 5.68. The van der Waals surface area contributed by atoms with Gasteiger partial charge in [0, 0.05) is 6.42 Å². The zero-order valence-electron chi connectivity index (χ0n) is 14.5. The van der Waals surface area contributed by atoms with Gasteiger partial charge in [0.2, 0.25) is 5.91 Å². The highest BCUT2D eigenvalue weighted by Gasteiger charge is 2.38. The van der Waals surface area contributed by atoms with Crippen LogP contribution in [-0.4, -0.2) is 35.3 Å². The molecule has 0 aliphatic carbocycles. The number of hydrogen-bond acceptors (Lipinski definition) is 3. The van der Waals surface area contributed by atoms with E-state index in [9.17, 15) is 14.4 Å². The van der Waals surface area contributed by atoms with Crippen molar-refractivity contribution < 1.29 is 14.4 Å². The minimum atomic E-state index is -0.696. The summed E-state index contributed by atoms with van der Waals surface area (Å²) >= 11 is 12.2. The lowest BCUT2D eigenvalue weighted by atomic mass is 10.1. The lowest BCUT2D eigenvalue weighted by molar-refractivity contribution is -0.130. The first kappa shape index (κ1) is 19.2. The van der Waals surface area contributed by atoms with Crippen molar-refractivity contribution in [2.45, 2.75) is 19.4 Å². The maximum atomic E-state index is 12.5. The molecule has 27 heavy (non-hydrogen) atoms. The van der Waals surface area contributed by atoms with Crippen molar-refractivity contribution in [2.24, 2.45) is 0 Å². The maximum absolute atomic E-state index is 12.5. The van der Waals surface area contributed by atoms with Crippen LogP contribution in [0.25, 0.3) is 0 Å². The lowest BCUT2D eigenvalue weighted by Gasteiger charge is -2.15. The number of imide groups is 1. The molecule has 0 radical (unpaired) electrons. The number of hydrogen-bond donors (Lipinski definition) is 2. The third kappa shape index (κ3) is 4.23. The Morgan fingerprint density at radius 1 is 1.15 bits per heavy atom. The smallest absolute Gasteiger partial charge is 0.325 e. The van der Waals surface area contributed by atoms with Crippen LogP contribution in [0.5, 0.6) is 0 Å². The molecule has 1 fully saturated rings. The van der Waals surface area contributed by atoms with Gasteiger partial charge >= 0.3 is 6.03 Å². The highest BCUT2D eigenvalue weighted by atomic mass is 35.5. The van der Waals surface area contributed by atoms with E-state index in [1.807, 2.05) is 30.3 Å². The summed E-state index contributed by atoms with van der Waals surface area (Å²) in [6.07, 6.45) is 0.360. The third-order valence-electron chi connectivity index (χ3n) is 4.24. The molecule has 1 aliphatic heterocycles. The number of halogens is 2. The summed E-state index contributed by atoms with van der Waals surface area (Å²) in [5.41, 5.74) is 1.92. The molecule has 2 N–H and O–H groups in total. The van der Waals surface area contributed by atoms with Crippen molar-refractivity contribution in [3.63, 3.8) is 0 Å². The molecule has 1 atom stereocenters. The van der Waals surface area contributed by atoms with E-state index in [4.69, 9.17) is 23.2 Å². The van der Waals surface area contributed by atoms with E-state index in [0.717, 1.165) is 16.0 Å². The minimum absolute atomic E-state index is 0.260. The average molecular weight is 406 g/mol. The number of aryl methyl sites for hydroxylation is 1. The van der Waals surface area contributed by atoms with Crippen molar-refractivity contribution in [1.29, 1.82) is 0 Å². The van der Waals surface area contributed by atoms with E-state index >= 15 is 0 Å². The number of urea groups is 1. The van der Waals surface area contributed by atoms with Gasteiger partial charge in [0.05, 0.1) is 15.7 Å². The third-order valence-corrected chi connectivity index (χ3v) is 5.04. The van der Waals surface area contributed by atoms with Crippen LogP contribution in [0.1, 0.15) is 11.1 Å². The normalized spacial score (nSPS) is 16.4. The molecule has 0 spiro atoms. The van der Waals surface area contributed by atoms with Crippen molar-refractivity contribution >= 4 is 46.7 Å². The molecule has 0 aromatic heterocycles. The van der Waals surface area contributed by atoms with Crippen LogP contribution in [0.15, 0.2) is 42.5 Å². The van der Waals surface area contributed by atoms with E-state index in [1.165, 1.54) is 0 Å². The molecule has 1 saturated heterocycles. The van der Waals surface area contributed by atoms with Crippen LogP contribution >= 0.6 is 23.2 Å². The molecule has 2 aromatic rings. The number of anilines is 1. The molecular formula is C19H17Cl2N3O3. The van der Waals surface area contributed by atoms with Crippen LogP contribution in [0.3, 0.4) is 0 Å². The van der Waals surface area contributed by atoms with Gasteiger partial charge in [0.15, 0.2) is 0 Å². The van der Waals surface area contributed by atoms with Gasteiger partial charge < -0.3 is 10.6 Å². The fourth-order valence-corrected chi connectivity index (χ4v) is 3.27. The van der Waals surface area contributed by atoms with E-state index in [2.05, 4.69) is 10.6 Å². The van der Waals surface area contributed by atoms with Gasteiger partial charge in [-0.15, -0.1) is 0 Å². The molecule has 1 unspecified atom stereocenters. The maximum Gasteiger partial charge on any atom is 0.325 e. The molecule has 0 bridgehead atoms. The molecule has 3 rings (SSSR count). The molecule has 0 saturated carbocycles. The van der Waals surface area contributed by atoms with Crippen LogP contribution in [0, 0.1) is 6.92 Å². The zero-order valence-corrected chi connectivity index (χ0v) is 16.0. The summed E-state index contributed by atoms with van der Waals surface area (Å²) in [6, 6.07) is 11.4. The number of carbonyl (C=O) groups excluding carboxylic acids is 3. The topological polar surface area (TPSA) is 78.5 Å². The number of carbonyl (C=O) groups is 3. The first-order valence-electron chi connectivity index (χ1n) is 8.27. The predicted octanol–water partition coefficient (Wildman–Crippen LogP) is 3.40. The van der Waals surface area contributed by atoms with Crippen molar-refractivity contribution in [3.8, 4) is 0 Å². The minimum Gasteiger partial charge on any atom is -0.325 e. The van der Waals surface area contributed by atoms with Gasteiger partial charge in [0.1, 0.15) is 12.6 Å². The summed E-state index contributed by atoms with van der Waals surface area (Å²) in [5, 5.41) is 5.77. The second kappa shape index (κ2) is 7.98. The summed E-state index contributed by atoms with van der Waals surface area (Å²) in [7, 11) is 0. The Morgan fingerprint density at radius 3 is 2.56 bits per heavy atom. The average Bonchev–Trinajstić information content (AvgIpc) is 2.90. The molecule has 2 aromatic carbocycles. The standard InChI is InChI=1S/C19H17Cl2N3O3/c1-11-7-8-13(20)17(16(11)21)23-15(25)10-24-18(26)14(22-19(24)27)9-12-5-3-2-4-6-12/h2-8,14H,9-10H2,1H3,(H,22,27)(H,23,25). The van der Waals surface area contributed by atoms with Gasteiger partial charge in [-0.3, -0.25) is 14.5 Å². The number of nitrogens with one attached hydrogen (secondary N) is 2. The monoisotopic (exact) mass is 405 g/mol. The highest BCUT2D eigenvalue weighted by Crippen LogP contribution is 2.32. The number of rotatable bonds is 5. The fraction of sp³-hybridized carbons (Fsp3) is 0.211. The Hall–Kier alpha value is -2.57. The Balaban J connectivity index is 1.67. The number of amides is 4. The molecule has 8 heteroatoms.